The van der Waals surface area contributed by atoms with Crippen molar-refractivity contribution in [3.8, 4) is 0 Å². The minimum Gasteiger partial charge on any atom is -0.427 e. The third-order valence-electron chi connectivity index (χ3n) is 5.98. The van der Waals surface area contributed by atoms with Crippen molar-refractivity contribution in [2.45, 2.75) is 91.7 Å². The summed E-state index contributed by atoms with van der Waals surface area (Å²) in [4.78, 5) is 46.7. The molecule has 0 aromatic heterocycles. The summed E-state index contributed by atoms with van der Waals surface area (Å²) in [5.74, 6) is -0.669. The van der Waals surface area contributed by atoms with E-state index in [4.69, 9.17) is 10.0 Å². The molecule has 0 bridgehead atoms. The number of Topliss-reactive ketones (excluding diaryl/α,β-unsaturated/α-hetero) is 2. The van der Waals surface area contributed by atoms with Gasteiger partial charge in [0.2, 0.25) is 11.8 Å². The van der Waals surface area contributed by atoms with Gasteiger partial charge in [0, 0.05) is 24.7 Å². The van der Waals surface area contributed by atoms with Crippen LogP contribution in [0.1, 0.15) is 54.4 Å². The van der Waals surface area contributed by atoms with Crippen molar-refractivity contribution in [2.24, 2.45) is 11.8 Å². The van der Waals surface area contributed by atoms with Crippen molar-refractivity contribution >= 4 is 79.7 Å². The zero-order valence-electron chi connectivity index (χ0n) is 22.5. The van der Waals surface area contributed by atoms with Crippen LogP contribution in [0.3, 0.4) is 0 Å². The lowest BCUT2D eigenvalue weighted by atomic mass is 9.44. The highest BCUT2D eigenvalue weighted by molar-refractivity contribution is 14.0. The van der Waals surface area contributed by atoms with Gasteiger partial charge in [-0.1, -0.05) is 47.2 Å². The van der Waals surface area contributed by atoms with Crippen LogP contribution in [0.5, 0.6) is 0 Å². The summed E-state index contributed by atoms with van der Waals surface area (Å²) < 4.78 is 0. The number of rotatable bonds is 14. The first-order valence-corrected chi connectivity index (χ1v) is 13.6. The van der Waals surface area contributed by atoms with E-state index < -0.39 is 19.0 Å². The molecule has 0 saturated heterocycles. The molecule has 0 radical (unpaired) electrons. The smallest absolute Gasteiger partial charge is 0.427 e. The Labute approximate surface area is 234 Å². The third kappa shape index (κ3) is 17.9. The largest absolute Gasteiger partial charge is 0.454 e. The molecule has 0 aliphatic heterocycles. The maximum Gasteiger partial charge on any atom is 0.454 e. The van der Waals surface area contributed by atoms with Gasteiger partial charge in [-0.25, -0.2) is 0 Å². The van der Waals surface area contributed by atoms with E-state index in [0.29, 0.717) is 25.1 Å². The molecule has 2 amide bonds. The van der Waals surface area contributed by atoms with Gasteiger partial charge in [0.15, 0.2) is 11.6 Å². The van der Waals surface area contributed by atoms with Gasteiger partial charge in [-0.2, -0.15) is 0 Å². The molecule has 0 aromatic carbocycles. The number of hydrogen-bond donors (Lipinski definition) is 4. The number of carbonyl (C=O) groups is 4. The van der Waals surface area contributed by atoms with Gasteiger partial charge < -0.3 is 20.7 Å². The molecule has 0 fully saturated rings. The topological polar surface area (TPSA) is 133 Å². The first-order valence-electron chi connectivity index (χ1n) is 12.0. The van der Waals surface area contributed by atoms with Crippen LogP contribution in [-0.4, -0.2) is 71.7 Å². The summed E-state index contributed by atoms with van der Waals surface area (Å²) >= 11 is 0. The molecule has 8 atom stereocenters. The fourth-order valence-corrected chi connectivity index (χ4v) is 2.84. The van der Waals surface area contributed by atoms with Crippen molar-refractivity contribution in [2.75, 3.05) is 12.3 Å². The van der Waals surface area contributed by atoms with E-state index in [9.17, 15) is 19.2 Å². The van der Waals surface area contributed by atoms with Gasteiger partial charge in [0.25, 0.3) is 0 Å². The van der Waals surface area contributed by atoms with Crippen LogP contribution >= 0.6 is 42.5 Å². The van der Waals surface area contributed by atoms with E-state index in [2.05, 4.69) is 49.7 Å². The van der Waals surface area contributed by atoms with Gasteiger partial charge in [-0.05, 0) is 32.0 Å². The fourth-order valence-electron chi connectivity index (χ4n) is 2.42. The molecule has 204 valence electrons. The van der Waals surface area contributed by atoms with Gasteiger partial charge >= 0.3 is 7.12 Å². The number of carbonyl (C=O) groups excluding carboxylic acids is 4. The minimum absolute atomic E-state index is 0. The Bertz CT molecular complexity index is 607. The summed E-state index contributed by atoms with van der Waals surface area (Å²) in [5.41, 5.74) is 0. The van der Waals surface area contributed by atoms with Crippen molar-refractivity contribution in [1.29, 1.82) is 0 Å². The van der Waals surface area contributed by atoms with E-state index in [1.807, 2.05) is 6.92 Å². The SMILES string of the molecule is CB(C)[C@H](C)CC(=O)C(C)NC(=O)C(C)CP.CC(CP)C(=O)NC(C)C(=O)C[C@@H](C)B(O)O.I. The molecule has 0 aliphatic carbocycles. The number of hydrogen-bond acceptors (Lipinski definition) is 6. The van der Waals surface area contributed by atoms with E-state index in [1.165, 1.54) is 0 Å². The Morgan fingerprint density at radius 1 is 0.714 bits per heavy atom. The second-order valence-corrected chi connectivity index (χ2v) is 10.6. The maximum atomic E-state index is 11.9. The Balaban J connectivity index is -0.000000569. The number of amides is 2. The highest BCUT2D eigenvalue weighted by Gasteiger charge is 2.25. The molecular formula is C22H47B2IN2O6P2. The molecule has 8 nitrogen and oxygen atoms in total. The van der Waals surface area contributed by atoms with Gasteiger partial charge in [0.1, 0.15) is 6.71 Å². The molecule has 35 heavy (non-hydrogen) atoms. The second-order valence-electron chi connectivity index (χ2n) is 9.69. The van der Waals surface area contributed by atoms with Crippen LogP contribution in [0.4, 0.5) is 0 Å². The normalized spacial score (nSPS) is 15.4. The summed E-state index contributed by atoms with van der Waals surface area (Å²) in [6.45, 7) is 15.4. The van der Waals surface area contributed by atoms with E-state index in [1.54, 1.807) is 27.7 Å². The molecule has 13 heteroatoms. The predicted molar refractivity (Wildman–Crippen MR) is 164 cm³/mol. The molecule has 0 saturated carbocycles. The van der Waals surface area contributed by atoms with Crippen LogP contribution in [0.25, 0.3) is 0 Å². The van der Waals surface area contributed by atoms with Crippen molar-refractivity contribution in [1.82, 2.24) is 10.6 Å². The zero-order chi connectivity index (χ0) is 27.2. The molecular weight excluding hydrogens is 599 g/mol. The minimum atomic E-state index is -1.51. The van der Waals surface area contributed by atoms with E-state index in [-0.39, 0.29) is 71.7 Å². The van der Waals surface area contributed by atoms with Gasteiger partial charge in [-0.15, -0.1) is 42.5 Å². The van der Waals surface area contributed by atoms with Gasteiger partial charge in [0.05, 0.1) is 12.1 Å². The monoisotopic (exact) mass is 646 g/mol. The molecule has 0 spiro atoms. The molecule has 0 rings (SSSR count). The van der Waals surface area contributed by atoms with Crippen LogP contribution in [0.2, 0.25) is 25.3 Å². The van der Waals surface area contributed by atoms with Crippen molar-refractivity contribution in [3.63, 3.8) is 0 Å². The molecule has 6 unspecified atom stereocenters. The quantitative estimate of drug-likeness (QED) is 0.130. The highest BCUT2D eigenvalue weighted by Crippen LogP contribution is 2.16. The Kier molecular flexibility index (Phi) is 23.6. The van der Waals surface area contributed by atoms with Gasteiger partial charge in [-0.3, -0.25) is 19.2 Å². The van der Waals surface area contributed by atoms with Crippen LogP contribution in [0, 0.1) is 11.8 Å². The third-order valence-corrected chi connectivity index (χ3v) is 7.39. The lowest BCUT2D eigenvalue weighted by molar-refractivity contribution is -0.129. The van der Waals surface area contributed by atoms with E-state index >= 15 is 0 Å². The highest BCUT2D eigenvalue weighted by atomic mass is 127. The second kappa shape index (κ2) is 20.9. The first-order chi connectivity index (χ1) is 15.6. The standard InChI is InChI=1S/C12H25BNO2P.C10H21BNO4P.HI/c1-8(7-17)12(16)14-10(3)11(15)6-9(2)13(4)5;1-6(5-17)10(14)12-8(3)9(13)4-7(2)11(15)16;/h8-10H,6-7,17H2,1-5H3,(H,14,16);6-8,15-16H,4-5,17H2,1-3H3,(H,12,14);1H/t8?,9-,10?;6?,7-,8?;/m11./s1. The Hall–Kier alpha value is -0.0801. The Morgan fingerprint density at radius 2 is 1.03 bits per heavy atom. The van der Waals surface area contributed by atoms with Crippen LogP contribution in [0.15, 0.2) is 0 Å². The summed E-state index contributed by atoms with van der Waals surface area (Å²) in [6, 6.07) is -0.967. The van der Waals surface area contributed by atoms with Crippen molar-refractivity contribution in [3.05, 3.63) is 0 Å². The number of ketones is 2. The lowest BCUT2D eigenvalue weighted by Gasteiger charge is -2.18. The molecule has 0 heterocycles. The maximum absolute atomic E-state index is 11.9. The van der Waals surface area contributed by atoms with Crippen molar-refractivity contribution < 1.29 is 29.2 Å². The first kappa shape index (κ1) is 39.4. The predicted octanol–water partition coefficient (Wildman–Crippen LogP) is 2.55. The fraction of sp³-hybridized carbons (Fsp3) is 0.818. The Morgan fingerprint density at radius 3 is 1.29 bits per heavy atom. The summed E-state index contributed by atoms with van der Waals surface area (Å²) in [5, 5.41) is 23.1. The number of nitrogens with one attached hydrogen (secondary N) is 2. The molecule has 4 N–H and O–H groups in total. The number of halogens is 1. The molecule has 0 aliphatic rings. The average molecular weight is 646 g/mol. The summed E-state index contributed by atoms with van der Waals surface area (Å²) in [7, 11) is 3.51. The van der Waals surface area contributed by atoms with Crippen LogP contribution < -0.4 is 10.6 Å². The van der Waals surface area contributed by atoms with E-state index in [0.717, 1.165) is 6.16 Å². The zero-order valence-corrected chi connectivity index (χ0v) is 27.2. The molecule has 0 aromatic rings. The lowest BCUT2D eigenvalue weighted by Crippen LogP contribution is -2.42. The average Bonchev–Trinajstić information content (AvgIpc) is 2.77. The summed E-state index contributed by atoms with van der Waals surface area (Å²) in [6.07, 6.45) is 1.93. The van der Waals surface area contributed by atoms with Crippen LogP contribution in [-0.2, 0) is 19.2 Å².